The predicted molar refractivity (Wildman–Crippen MR) is 77.4 cm³/mol. The Morgan fingerprint density at radius 3 is 2.65 bits per heavy atom. The summed E-state index contributed by atoms with van der Waals surface area (Å²) in [4.78, 5) is 26.0. The number of hydrogen-bond acceptors (Lipinski definition) is 6. The monoisotopic (exact) mass is 412 g/mol. The van der Waals surface area contributed by atoms with Gasteiger partial charge >= 0.3 is 12.1 Å². The second-order valence-electron chi connectivity index (χ2n) is 3.97. The first-order chi connectivity index (χ1) is 10.7. The maximum Gasteiger partial charge on any atom is 0.435 e. The van der Waals surface area contributed by atoms with E-state index in [1.807, 2.05) is 0 Å². The van der Waals surface area contributed by atoms with Crippen LogP contribution in [0.2, 0.25) is 0 Å². The van der Waals surface area contributed by atoms with Crippen molar-refractivity contribution in [3.63, 3.8) is 0 Å². The quantitative estimate of drug-likeness (QED) is 0.768. The van der Waals surface area contributed by atoms with Crippen LogP contribution in [0.4, 0.5) is 18.3 Å². The van der Waals surface area contributed by atoms with Crippen molar-refractivity contribution in [3.05, 3.63) is 33.1 Å². The van der Waals surface area contributed by atoms with Crippen LogP contribution in [0.3, 0.4) is 0 Å². The number of anilines is 1. The molecule has 124 valence electrons. The van der Waals surface area contributed by atoms with E-state index in [2.05, 4.69) is 31.0 Å². The van der Waals surface area contributed by atoms with E-state index in [4.69, 9.17) is 4.42 Å². The van der Waals surface area contributed by atoms with E-state index >= 15 is 0 Å². The fourth-order valence-electron chi connectivity index (χ4n) is 1.50. The van der Waals surface area contributed by atoms with Crippen LogP contribution in [0.1, 0.15) is 32.8 Å². The minimum absolute atomic E-state index is 0.0872. The molecule has 6 nitrogen and oxygen atoms in total. The number of rotatable bonds is 4. The molecule has 0 aliphatic rings. The Morgan fingerprint density at radius 2 is 2.13 bits per heavy atom. The van der Waals surface area contributed by atoms with E-state index in [9.17, 15) is 22.8 Å². The zero-order chi connectivity index (χ0) is 17.2. The smallest absolute Gasteiger partial charge is 0.435 e. The molecular weight excluding hydrogens is 405 g/mol. The lowest BCUT2D eigenvalue weighted by Crippen LogP contribution is -2.14. The molecule has 0 aliphatic carbocycles. The number of furan rings is 1. The Balaban J connectivity index is 2.29. The number of amides is 1. The van der Waals surface area contributed by atoms with Gasteiger partial charge < -0.3 is 9.15 Å². The highest BCUT2D eigenvalue weighted by atomic mass is 79.9. The summed E-state index contributed by atoms with van der Waals surface area (Å²) in [6.07, 6.45) is -4.85. The van der Waals surface area contributed by atoms with Crippen LogP contribution in [0, 0.1) is 0 Å². The first-order valence-electron chi connectivity index (χ1n) is 6.04. The van der Waals surface area contributed by atoms with Crippen LogP contribution in [0.15, 0.2) is 21.2 Å². The largest absolute Gasteiger partial charge is 0.462 e. The number of nitrogens with zero attached hydrogens (tertiary/aromatic N) is 1. The average Bonchev–Trinajstić information content (AvgIpc) is 3.05. The Morgan fingerprint density at radius 1 is 1.43 bits per heavy atom. The molecule has 2 aromatic rings. The van der Waals surface area contributed by atoms with Crippen molar-refractivity contribution in [1.29, 1.82) is 0 Å². The highest BCUT2D eigenvalue weighted by Gasteiger charge is 2.40. The Kier molecular flexibility index (Phi) is 5.09. The second kappa shape index (κ2) is 6.71. The van der Waals surface area contributed by atoms with Crippen molar-refractivity contribution in [2.24, 2.45) is 0 Å². The Labute approximate surface area is 139 Å². The van der Waals surface area contributed by atoms with E-state index in [-0.39, 0.29) is 17.0 Å². The van der Waals surface area contributed by atoms with E-state index < -0.39 is 33.8 Å². The molecule has 23 heavy (non-hydrogen) atoms. The molecule has 0 spiro atoms. The number of halogens is 4. The van der Waals surface area contributed by atoms with Crippen LogP contribution < -0.4 is 5.32 Å². The van der Waals surface area contributed by atoms with Gasteiger partial charge in [-0.2, -0.15) is 13.2 Å². The van der Waals surface area contributed by atoms with Gasteiger partial charge in [0, 0.05) is 0 Å². The second-order valence-corrected chi connectivity index (χ2v) is 5.75. The van der Waals surface area contributed by atoms with Crippen molar-refractivity contribution in [2.75, 3.05) is 11.9 Å². The van der Waals surface area contributed by atoms with Crippen molar-refractivity contribution in [1.82, 2.24) is 4.98 Å². The van der Waals surface area contributed by atoms with Crippen LogP contribution in [0.25, 0.3) is 0 Å². The molecule has 0 saturated heterocycles. The van der Waals surface area contributed by atoms with Gasteiger partial charge in [0.25, 0.3) is 5.91 Å². The molecule has 2 rings (SSSR count). The third-order valence-electron chi connectivity index (χ3n) is 2.37. The molecule has 0 radical (unpaired) electrons. The third kappa shape index (κ3) is 4.10. The molecule has 0 fully saturated rings. The van der Waals surface area contributed by atoms with Gasteiger partial charge in [-0.1, -0.05) is 11.3 Å². The summed E-state index contributed by atoms with van der Waals surface area (Å²) in [7, 11) is 0. The summed E-state index contributed by atoms with van der Waals surface area (Å²) in [6, 6.07) is 2.77. The lowest BCUT2D eigenvalue weighted by Gasteiger charge is -2.04. The molecule has 11 heteroatoms. The van der Waals surface area contributed by atoms with Gasteiger partial charge in [-0.15, -0.1) is 0 Å². The SMILES string of the molecule is CCOC(=O)c1sc(NC(=O)c2ccc(Br)o2)nc1C(F)(F)F. The van der Waals surface area contributed by atoms with Gasteiger partial charge in [-0.25, -0.2) is 9.78 Å². The fraction of sp³-hybridized carbons (Fsp3) is 0.250. The molecular formula is C12H8BrF3N2O4S. The lowest BCUT2D eigenvalue weighted by molar-refractivity contribution is -0.141. The van der Waals surface area contributed by atoms with E-state index in [1.54, 1.807) is 0 Å². The molecule has 1 N–H and O–H groups in total. The summed E-state index contributed by atoms with van der Waals surface area (Å²) in [5.41, 5.74) is -1.41. The van der Waals surface area contributed by atoms with Gasteiger partial charge in [-0.3, -0.25) is 10.1 Å². The zero-order valence-electron chi connectivity index (χ0n) is 11.4. The first-order valence-corrected chi connectivity index (χ1v) is 7.65. The number of alkyl halides is 3. The zero-order valence-corrected chi connectivity index (χ0v) is 13.8. The maximum atomic E-state index is 12.9. The first kappa shape index (κ1) is 17.5. The molecule has 0 saturated carbocycles. The number of carbonyl (C=O) groups is 2. The van der Waals surface area contributed by atoms with Crippen LogP contribution in [-0.4, -0.2) is 23.5 Å². The molecule has 1 amide bonds. The van der Waals surface area contributed by atoms with Crippen molar-refractivity contribution in [3.8, 4) is 0 Å². The molecule has 2 aromatic heterocycles. The standard InChI is InChI=1S/C12H8BrF3N2O4S/c1-2-21-10(20)7-8(12(14,15)16)17-11(23-7)18-9(19)5-3-4-6(13)22-5/h3-4H,2H2,1H3,(H,17,18,19). The highest BCUT2D eigenvalue weighted by Crippen LogP contribution is 2.36. The van der Waals surface area contributed by atoms with Gasteiger partial charge in [-0.05, 0) is 35.0 Å². The summed E-state index contributed by atoms with van der Waals surface area (Å²) in [6.45, 7) is 1.37. The average molecular weight is 413 g/mol. The predicted octanol–water partition coefficient (Wildman–Crippen LogP) is 3.95. The highest BCUT2D eigenvalue weighted by molar-refractivity contribution is 9.10. The van der Waals surface area contributed by atoms with Crippen molar-refractivity contribution >= 4 is 44.3 Å². The van der Waals surface area contributed by atoms with Gasteiger partial charge in [0.05, 0.1) is 6.61 Å². The molecule has 0 unspecified atom stereocenters. The summed E-state index contributed by atoms with van der Waals surface area (Å²) >= 11 is 3.37. The summed E-state index contributed by atoms with van der Waals surface area (Å²) < 4.78 is 48.6. The number of aromatic nitrogens is 1. The lowest BCUT2D eigenvalue weighted by atomic mass is 10.3. The summed E-state index contributed by atoms with van der Waals surface area (Å²) in [5.74, 6) is -2.08. The molecule has 0 bridgehead atoms. The van der Waals surface area contributed by atoms with Crippen molar-refractivity contribution in [2.45, 2.75) is 13.1 Å². The topological polar surface area (TPSA) is 81.4 Å². The Bertz CT molecular complexity index is 741. The number of thiazole rings is 1. The minimum atomic E-state index is -4.85. The fourth-order valence-corrected chi connectivity index (χ4v) is 2.68. The van der Waals surface area contributed by atoms with Gasteiger partial charge in [0.2, 0.25) is 0 Å². The maximum absolute atomic E-state index is 12.9. The minimum Gasteiger partial charge on any atom is -0.462 e. The van der Waals surface area contributed by atoms with E-state index in [0.29, 0.717) is 11.3 Å². The normalized spacial score (nSPS) is 11.3. The number of hydrogen-bond donors (Lipinski definition) is 1. The molecule has 2 heterocycles. The van der Waals surface area contributed by atoms with E-state index in [1.165, 1.54) is 19.1 Å². The Hall–Kier alpha value is -1.88. The number of ether oxygens (including phenoxy) is 1. The van der Waals surface area contributed by atoms with Gasteiger partial charge in [0.1, 0.15) is 4.88 Å². The molecule has 0 aromatic carbocycles. The molecule has 0 atom stereocenters. The van der Waals surface area contributed by atoms with E-state index in [0.717, 1.165) is 0 Å². The number of carbonyl (C=O) groups excluding carboxylic acids is 2. The van der Waals surface area contributed by atoms with Gasteiger partial charge in [0.15, 0.2) is 21.3 Å². The third-order valence-corrected chi connectivity index (χ3v) is 3.75. The van der Waals surface area contributed by atoms with Crippen molar-refractivity contribution < 1.29 is 31.9 Å². The summed E-state index contributed by atoms with van der Waals surface area (Å²) in [5, 5.41) is 1.76. The van der Waals surface area contributed by atoms with Crippen LogP contribution >= 0.6 is 27.3 Å². The number of nitrogens with one attached hydrogen (secondary N) is 1. The molecule has 0 aliphatic heterocycles. The number of esters is 1. The van der Waals surface area contributed by atoms with Crippen LogP contribution in [-0.2, 0) is 10.9 Å². The van der Waals surface area contributed by atoms with Crippen LogP contribution in [0.5, 0.6) is 0 Å².